The van der Waals surface area contributed by atoms with E-state index in [4.69, 9.17) is 5.73 Å². The lowest BCUT2D eigenvalue weighted by Gasteiger charge is -2.06. The fourth-order valence-corrected chi connectivity index (χ4v) is 2.81. The maximum atomic E-state index is 6.06. The van der Waals surface area contributed by atoms with Gasteiger partial charge in [-0.15, -0.1) is 0 Å². The number of nitrogens with two attached hydrogens (primary N) is 1. The number of hydrogen-bond donors (Lipinski definition) is 1. The predicted octanol–water partition coefficient (Wildman–Crippen LogP) is 2.73. The third kappa shape index (κ3) is 2.20. The van der Waals surface area contributed by atoms with Crippen molar-refractivity contribution in [2.24, 2.45) is 7.05 Å². The Labute approximate surface area is 125 Å². The summed E-state index contributed by atoms with van der Waals surface area (Å²) in [6, 6.07) is 5.98. The molecule has 20 heavy (non-hydrogen) atoms. The highest BCUT2D eigenvalue weighted by Gasteiger charge is 2.12. The van der Waals surface area contributed by atoms with Crippen LogP contribution in [0.4, 0.5) is 5.95 Å². The summed E-state index contributed by atoms with van der Waals surface area (Å²) in [7, 11) is 1.94. The van der Waals surface area contributed by atoms with Crippen molar-refractivity contribution in [3.8, 4) is 0 Å². The molecule has 5 nitrogen and oxygen atoms in total. The standard InChI is InChI=1S/C14H16BrN5/c1-3-11-9(7-19(2)18-11)8-20-13-6-10(15)4-5-12(13)17-14(20)16/h4-7H,3,8H2,1-2H3,(H2,16,17). The first-order valence-corrected chi connectivity index (χ1v) is 7.30. The second kappa shape index (κ2) is 4.94. The van der Waals surface area contributed by atoms with Crippen molar-refractivity contribution in [1.29, 1.82) is 0 Å². The number of nitrogen functional groups attached to an aromatic ring is 1. The molecule has 3 aromatic rings. The Bertz CT molecular complexity index is 771. The number of benzene rings is 1. The Balaban J connectivity index is 2.10. The number of hydrogen-bond acceptors (Lipinski definition) is 3. The summed E-state index contributed by atoms with van der Waals surface area (Å²) in [6.07, 6.45) is 2.95. The van der Waals surface area contributed by atoms with Crippen molar-refractivity contribution in [2.45, 2.75) is 19.9 Å². The summed E-state index contributed by atoms with van der Waals surface area (Å²) in [5.41, 5.74) is 10.3. The van der Waals surface area contributed by atoms with Gasteiger partial charge in [0, 0.05) is 23.3 Å². The number of rotatable bonds is 3. The highest BCUT2D eigenvalue weighted by molar-refractivity contribution is 9.10. The van der Waals surface area contributed by atoms with E-state index in [1.807, 2.05) is 40.7 Å². The molecule has 6 heteroatoms. The van der Waals surface area contributed by atoms with E-state index in [0.717, 1.165) is 27.6 Å². The molecule has 3 rings (SSSR count). The monoisotopic (exact) mass is 333 g/mol. The van der Waals surface area contributed by atoms with Gasteiger partial charge in [0.15, 0.2) is 0 Å². The van der Waals surface area contributed by atoms with E-state index in [1.165, 1.54) is 5.56 Å². The van der Waals surface area contributed by atoms with E-state index in [-0.39, 0.29) is 0 Å². The van der Waals surface area contributed by atoms with Crippen LogP contribution in [-0.4, -0.2) is 19.3 Å². The van der Waals surface area contributed by atoms with E-state index < -0.39 is 0 Å². The quantitative estimate of drug-likeness (QED) is 0.801. The maximum absolute atomic E-state index is 6.06. The number of fused-ring (bicyclic) bond motifs is 1. The van der Waals surface area contributed by atoms with Gasteiger partial charge in [-0.2, -0.15) is 5.10 Å². The summed E-state index contributed by atoms with van der Waals surface area (Å²) in [6.45, 7) is 2.80. The Morgan fingerprint density at radius 1 is 1.35 bits per heavy atom. The van der Waals surface area contributed by atoms with Gasteiger partial charge in [0.1, 0.15) is 0 Å². The number of nitrogens with zero attached hydrogens (tertiary/aromatic N) is 4. The average molecular weight is 334 g/mol. The molecule has 0 amide bonds. The normalized spacial score (nSPS) is 11.3. The fraction of sp³-hybridized carbons (Fsp3) is 0.286. The first-order chi connectivity index (χ1) is 9.58. The van der Waals surface area contributed by atoms with Gasteiger partial charge in [-0.05, 0) is 24.6 Å². The Kier molecular flexibility index (Phi) is 3.25. The molecule has 0 spiro atoms. The molecule has 0 saturated carbocycles. The van der Waals surface area contributed by atoms with E-state index >= 15 is 0 Å². The van der Waals surface area contributed by atoms with Crippen LogP contribution in [0.3, 0.4) is 0 Å². The lowest BCUT2D eigenvalue weighted by atomic mass is 10.2. The third-order valence-corrected chi connectivity index (χ3v) is 3.89. The van der Waals surface area contributed by atoms with Crippen LogP contribution < -0.4 is 5.73 Å². The average Bonchev–Trinajstić information content (AvgIpc) is 2.91. The molecule has 2 heterocycles. The van der Waals surface area contributed by atoms with Gasteiger partial charge in [-0.25, -0.2) is 4.98 Å². The molecular weight excluding hydrogens is 318 g/mol. The van der Waals surface area contributed by atoms with Crippen LogP contribution in [0.5, 0.6) is 0 Å². The minimum Gasteiger partial charge on any atom is -0.369 e. The van der Waals surface area contributed by atoms with E-state index in [0.29, 0.717) is 12.5 Å². The second-order valence-electron chi connectivity index (χ2n) is 4.82. The fourth-order valence-electron chi connectivity index (χ4n) is 2.46. The minimum atomic E-state index is 0.531. The van der Waals surface area contributed by atoms with Crippen molar-refractivity contribution >= 4 is 32.9 Å². The van der Waals surface area contributed by atoms with Crippen LogP contribution in [-0.2, 0) is 20.0 Å². The molecule has 0 aliphatic carbocycles. The summed E-state index contributed by atoms with van der Waals surface area (Å²) < 4.78 is 4.89. The molecule has 104 valence electrons. The maximum Gasteiger partial charge on any atom is 0.201 e. The lowest BCUT2D eigenvalue weighted by molar-refractivity contribution is 0.746. The van der Waals surface area contributed by atoms with Crippen molar-refractivity contribution in [1.82, 2.24) is 19.3 Å². The zero-order chi connectivity index (χ0) is 14.3. The smallest absolute Gasteiger partial charge is 0.201 e. The van der Waals surface area contributed by atoms with Crippen LogP contribution in [0.2, 0.25) is 0 Å². The van der Waals surface area contributed by atoms with Gasteiger partial charge in [-0.1, -0.05) is 22.9 Å². The van der Waals surface area contributed by atoms with Gasteiger partial charge in [-0.3, -0.25) is 4.68 Å². The largest absolute Gasteiger partial charge is 0.369 e. The molecule has 0 radical (unpaired) electrons. The van der Waals surface area contributed by atoms with E-state index in [9.17, 15) is 0 Å². The molecule has 2 N–H and O–H groups in total. The summed E-state index contributed by atoms with van der Waals surface area (Å²) in [4.78, 5) is 4.41. The SMILES string of the molecule is CCc1nn(C)cc1Cn1c(N)nc2ccc(Br)cc21. The highest BCUT2D eigenvalue weighted by atomic mass is 79.9. The highest BCUT2D eigenvalue weighted by Crippen LogP contribution is 2.23. The van der Waals surface area contributed by atoms with Gasteiger partial charge < -0.3 is 10.3 Å². The van der Waals surface area contributed by atoms with E-state index in [1.54, 1.807) is 0 Å². The molecule has 0 saturated heterocycles. The van der Waals surface area contributed by atoms with Crippen LogP contribution >= 0.6 is 15.9 Å². The summed E-state index contributed by atoms with van der Waals surface area (Å²) in [5, 5.41) is 4.47. The molecule has 0 unspecified atom stereocenters. The van der Waals surface area contributed by atoms with E-state index in [2.05, 4.69) is 32.9 Å². The van der Waals surface area contributed by atoms with Crippen molar-refractivity contribution in [3.63, 3.8) is 0 Å². The molecule has 0 aliphatic heterocycles. The Morgan fingerprint density at radius 2 is 2.15 bits per heavy atom. The molecule has 1 aromatic carbocycles. The van der Waals surface area contributed by atoms with Crippen LogP contribution in [0, 0.1) is 0 Å². The first-order valence-electron chi connectivity index (χ1n) is 6.51. The van der Waals surface area contributed by atoms with Crippen LogP contribution in [0.15, 0.2) is 28.9 Å². The molecule has 0 atom stereocenters. The molecule has 0 fully saturated rings. The number of aromatic nitrogens is 4. The van der Waals surface area contributed by atoms with Crippen LogP contribution in [0.25, 0.3) is 11.0 Å². The minimum absolute atomic E-state index is 0.531. The van der Waals surface area contributed by atoms with Crippen LogP contribution in [0.1, 0.15) is 18.2 Å². The summed E-state index contributed by atoms with van der Waals surface area (Å²) in [5.74, 6) is 0.531. The molecule has 0 aliphatic rings. The molecular formula is C14H16BrN5. The Morgan fingerprint density at radius 3 is 2.90 bits per heavy atom. The number of imidazole rings is 1. The second-order valence-corrected chi connectivity index (χ2v) is 5.73. The van der Waals surface area contributed by atoms with Crippen molar-refractivity contribution in [2.75, 3.05) is 5.73 Å². The van der Waals surface area contributed by atoms with Crippen molar-refractivity contribution in [3.05, 3.63) is 40.1 Å². The summed E-state index contributed by atoms with van der Waals surface area (Å²) >= 11 is 3.50. The third-order valence-electron chi connectivity index (χ3n) is 3.39. The number of anilines is 1. The van der Waals surface area contributed by atoms with Gasteiger partial charge in [0.25, 0.3) is 0 Å². The van der Waals surface area contributed by atoms with Gasteiger partial charge >= 0.3 is 0 Å². The topological polar surface area (TPSA) is 61.7 Å². The van der Waals surface area contributed by atoms with Crippen molar-refractivity contribution < 1.29 is 0 Å². The number of halogens is 1. The van der Waals surface area contributed by atoms with Gasteiger partial charge in [0.05, 0.1) is 23.3 Å². The predicted molar refractivity (Wildman–Crippen MR) is 83.5 cm³/mol. The first kappa shape index (κ1) is 13.2. The Hall–Kier alpha value is -1.82. The molecule has 2 aromatic heterocycles. The van der Waals surface area contributed by atoms with Gasteiger partial charge in [0.2, 0.25) is 5.95 Å². The molecule has 0 bridgehead atoms. The zero-order valence-electron chi connectivity index (χ0n) is 11.5. The number of aryl methyl sites for hydroxylation is 2. The lowest BCUT2D eigenvalue weighted by Crippen LogP contribution is -2.05. The zero-order valence-corrected chi connectivity index (χ0v) is 13.1.